The number of rotatable bonds is 10. The first-order valence-electron chi connectivity index (χ1n) is 12.5. The third-order valence-corrected chi connectivity index (χ3v) is 7.41. The maximum Gasteiger partial charge on any atom is 0.224 e. The van der Waals surface area contributed by atoms with E-state index in [1.807, 2.05) is 35.2 Å². The Kier molecular flexibility index (Phi) is 9.50. The zero-order chi connectivity index (χ0) is 25.3. The Morgan fingerprint density at radius 1 is 1.08 bits per heavy atom. The predicted octanol–water partition coefficient (Wildman–Crippen LogP) is 5.24. The third kappa shape index (κ3) is 7.63. The number of halogens is 1. The van der Waals surface area contributed by atoms with Crippen molar-refractivity contribution >= 4 is 40.2 Å². The molecule has 2 heterocycles. The summed E-state index contributed by atoms with van der Waals surface area (Å²) in [6.07, 6.45) is 5.52. The molecule has 1 aliphatic rings. The van der Waals surface area contributed by atoms with Gasteiger partial charge in [0, 0.05) is 74.7 Å². The summed E-state index contributed by atoms with van der Waals surface area (Å²) >= 11 is 7.39. The molecular formula is C28H34ClN5OS. The number of piperazine rings is 1. The van der Waals surface area contributed by atoms with Gasteiger partial charge in [0.15, 0.2) is 0 Å². The Balaban J connectivity index is 1.23. The van der Waals surface area contributed by atoms with Gasteiger partial charge in [-0.1, -0.05) is 66.2 Å². The average Bonchev–Trinajstić information content (AvgIpc) is 3.34. The molecule has 1 fully saturated rings. The lowest BCUT2D eigenvalue weighted by molar-refractivity contribution is -0.132. The van der Waals surface area contributed by atoms with Gasteiger partial charge in [0.1, 0.15) is 5.82 Å². The van der Waals surface area contributed by atoms with Crippen molar-refractivity contribution in [3.05, 3.63) is 82.6 Å². The molecule has 0 saturated carbocycles. The first-order chi connectivity index (χ1) is 17.5. The quantitative estimate of drug-likeness (QED) is 0.363. The molecule has 1 aromatic heterocycles. The summed E-state index contributed by atoms with van der Waals surface area (Å²) in [6.45, 7) is 9.19. The number of benzene rings is 2. The third-order valence-electron chi connectivity index (χ3n) is 6.37. The maximum atomic E-state index is 13.0. The lowest BCUT2D eigenvalue weighted by Gasteiger charge is -2.35. The van der Waals surface area contributed by atoms with Gasteiger partial charge in [0.05, 0.1) is 0 Å². The highest BCUT2D eigenvalue weighted by Crippen LogP contribution is 2.22. The van der Waals surface area contributed by atoms with Gasteiger partial charge < -0.3 is 9.80 Å². The van der Waals surface area contributed by atoms with Gasteiger partial charge in [0.25, 0.3) is 0 Å². The molecule has 0 radical (unpaired) electrons. The van der Waals surface area contributed by atoms with E-state index in [0.29, 0.717) is 19.4 Å². The molecule has 3 aromatic rings. The normalized spacial score (nSPS) is 14.6. The smallest absolute Gasteiger partial charge is 0.224 e. The van der Waals surface area contributed by atoms with E-state index in [0.717, 1.165) is 54.3 Å². The molecule has 1 amide bonds. The topological polar surface area (TPSA) is 52.6 Å². The highest BCUT2D eigenvalue weighted by molar-refractivity contribution is 7.09. The molecule has 1 aliphatic heterocycles. The SMILES string of the molecule is CC(C)N(CCC(=O)N1CCN(C/C=C/c2ccccc2)CC1)c1nc(Cc2ccc(Cl)cc2)ns1. The van der Waals surface area contributed by atoms with Crippen molar-refractivity contribution in [1.29, 1.82) is 0 Å². The molecule has 0 bridgehead atoms. The molecule has 0 aliphatic carbocycles. The summed E-state index contributed by atoms with van der Waals surface area (Å²) in [7, 11) is 0. The van der Waals surface area contributed by atoms with E-state index in [-0.39, 0.29) is 11.9 Å². The fraction of sp³-hybridized carbons (Fsp3) is 0.393. The van der Waals surface area contributed by atoms with Gasteiger partial charge in [-0.25, -0.2) is 4.98 Å². The van der Waals surface area contributed by atoms with Crippen LogP contribution in [0.15, 0.2) is 60.7 Å². The largest absolute Gasteiger partial charge is 0.344 e. The lowest BCUT2D eigenvalue weighted by Crippen LogP contribution is -2.49. The minimum atomic E-state index is 0.214. The second-order valence-electron chi connectivity index (χ2n) is 9.33. The fourth-order valence-corrected chi connectivity index (χ4v) is 5.22. The second kappa shape index (κ2) is 13.0. The Bertz CT molecular complexity index is 1120. The molecule has 36 heavy (non-hydrogen) atoms. The number of carbonyl (C=O) groups is 1. The highest BCUT2D eigenvalue weighted by Gasteiger charge is 2.23. The van der Waals surface area contributed by atoms with Crippen LogP contribution in [-0.4, -0.2) is 70.4 Å². The number of amides is 1. The van der Waals surface area contributed by atoms with Gasteiger partial charge >= 0.3 is 0 Å². The van der Waals surface area contributed by atoms with E-state index < -0.39 is 0 Å². The average molecular weight is 524 g/mol. The number of nitrogens with zero attached hydrogens (tertiary/aromatic N) is 5. The fourth-order valence-electron chi connectivity index (χ4n) is 4.25. The van der Waals surface area contributed by atoms with Crippen LogP contribution in [0.25, 0.3) is 6.08 Å². The monoisotopic (exact) mass is 523 g/mol. The van der Waals surface area contributed by atoms with Crippen molar-refractivity contribution in [2.75, 3.05) is 44.2 Å². The summed E-state index contributed by atoms with van der Waals surface area (Å²) in [4.78, 5) is 24.3. The molecule has 190 valence electrons. The van der Waals surface area contributed by atoms with Crippen molar-refractivity contribution in [2.45, 2.75) is 32.7 Å². The Morgan fingerprint density at radius 2 is 1.81 bits per heavy atom. The van der Waals surface area contributed by atoms with Crippen LogP contribution in [0.5, 0.6) is 0 Å². The summed E-state index contributed by atoms with van der Waals surface area (Å²) < 4.78 is 4.56. The van der Waals surface area contributed by atoms with Crippen molar-refractivity contribution < 1.29 is 4.79 Å². The van der Waals surface area contributed by atoms with Crippen LogP contribution < -0.4 is 4.90 Å². The van der Waals surface area contributed by atoms with E-state index in [4.69, 9.17) is 16.6 Å². The number of anilines is 1. The van der Waals surface area contributed by atoms with Crippen molar-refractivity contribution in [3.63, 3.8) is 0 Å². The van der Waals surface area contributed by atoms with Gasteiger partial charge in [0.2, 0.25) is 11.0 Å². The minimum absolute atomic E-state index is 0.214. The van der Waals surface area contributed by atoms with Crippen LogP contribution in [0.1, 0.15) is 37.2 Å². The molecule has 2 aromatic carbocycles. The molecule has 1 saturated heterocycles. The van der Waals surface area contributed by atoms with Crippen LogP contribution >= 0.6 is 23.1 Å². The molecule has 4 rings (SSSR count). The van der Waals surface area contributed by atoms with E-state index in [1.54, 1.807) is 0 Å². The molecular weight excluding hydrogens is 490 g/mol. The Morgan fingerprint density at radius 3 is 2.50 bits per heavy atom. The minimum Gasteiger partial charge on any atom is -0.344 e. The van der Waals surface area contributed by atoms with Crippen LogP contribution in [0.2, 0.25) is 5.02 Å². The summed E-state index contributed by atoms with van der Waals surface area (Å²) in [5.74, 6) is 1.01. The van der Waals surface area contributed by atoms with Crippen LogP contribution in [0.3, 0.4) is 0 Å². The van der Waals surface area contributed by atoms with Gasteiger partial charge in [-0.05, 0) is 37.1 Å². The zero-order valence-corrected chi connectivity index (χ0v) is 22.6. The van der Waals surface area contributed by atoms with E-state index >= 15 is 0 Å². The summed E-state index contributed by atoms with van der Waals surface area (Å²) in [5, 5.41) is 1.60. The summed E-state index contributed by atoms with van der Waals surface area (Å²) in [5.41, 5.74) is 2.35. The number of hydrogen-bond donors (Lipinski definition) is 0. The van der Waals surface area contributed by atoms with E-state index in [9.17, 15) is 4.79 Å². The van der Waals surface area contributed by atoms with Crippen LogP contribution in [0, 0.1) is 0 Å². The predicted molar refractivity (Wildman–Crippen MR) is 150 cm³/mol. The number of hydrogen-bond acceptors (Lipinski definition) is 6. The van der Waals surface area contributed by atoms with Crippen LogP contribution in [0.4, 0.5) is 5.13 Å². The lowest BCUT2D eigenvalue weighted by atomic mass is 10.1. The van der Waals surface area contributed by atoms with Gasteiger partial charge in [-0.15, -0.1) is 0 Å². The maximum absolute atomic E-state index is 13.0. The molecule has 8 heteroatoms. The summed E-state index contributed by atoms with van der Waals surface area (Å²) in [6, 6.07) is 18.4. The van der Waals surface area contributed by atoms with E-state index in [1.165, 1.54) is 17.1 Å². The Hall–Kier alpha value is -2.74. The van der Waals surface area contributed by atoms with Crippen LogP contribution in [-0.2, 0) is 11.2 Å². The molecule has 0 atom stereocenters. The molecule has 0 N–H and O–H groups in total. The number of carbonyl (C=O) groups excluding carboxylic acids is 1. The first kappa shape index (κ1) is 26.3. The number of aromatic nitrogens is 2. The Labute approximate surface area is 223 Å². The second-order valence-corrected chi connectivity index (χ2v) is 10.5. The van der Waals surface area contributed by atoms with Crippen molar-refractivity contribution in [3.8, 4) is 0 Å². The molecule has 0 spiro atoms. The van der Waals surface area contributed by atoms with E-state index in [2.05, 4.69) is 64.4 Å². The van der Waals surface area contributed by atoms with Gasteiger partial charge in [-0.2, -0.15) is 4.37 Å². The standard InChI is InChI=1S/C28H34ClN5OS/c1-22(2)34(28-30-26(31-36-28)21-24-10-12-25(29)13-11-24)16-14-27(35)33-19-17-32(18-20-33)15-6-9-23-7-4-3-5-8-23/h3-13,22H,14-21H2,1-2H3/b9-6+. The van der Waals surface area contributed by atoms with Gasteiger partial charge in [-0.3, -0.25) is 9.69 Å². The highest BCUT2D eigenvalue weighted by atomic mass is 35.5. The molecule has 0 unspecified atom stereocenters. The first-order valence-corrected chi connectivity index (χ1v) is 13.7. The van der Waals surface area contributed by atoms with Crippen molar-refractivity contribution in [2.24, 2.45) is 0 Å². The molecule has 6 nitrogen and oxygen atoms in total. The van der Waals surface area contributed by atoms with Crippen molar-refractivity contribution in [1.82, 2.24) is 19.2 Å². The zero-order valence-electron chi connectivity index (χ0n) is 21.0.